The molecule has 0 bridgehead atoms. The van der Waals surface area contributed by atoms with E-state index in [4.69, 9.17) is 9.47 Å². The van der Waals surface area contributed by atoms with Crippen LogP contribution in [0.4, 0.5) is 5.69 Å². The summed E-state index contributed by atoms with van der Waals surface area (Å²) in [6.07, 6.45) is 6.55. The minimum Gasteiger partial charge on any atom is -0.497 e. The highest BCUT2D eigenvalue weighted by molar-refractivity contribution is 5.60. The molecule has 2 rings (SSSR count). The highest BCUT2D eigenvalue weighted by Gasteiger charge is 2.23. The summed E-state index contributed by atoms with van der Waals surface area (Å²) in [5, 5.41) is 3.67. The molecule has 1 aromatic rings. The molecule has 1 aromatic carbocycles. The fraction of sp³-hybridized carbons (Fsp3) is 0.667. The fourth-order valence-corrected chi connectivity index (χ4v) is 3.45. The number of benzene rings is 1. The summed E-state index contributed by atoms with van der Waals surface area (Å²) in [7, 11) is 3.42. The normalized spacial score (nSPS) is 22.1. The van der Waals surface area contributed by atoms with Gasteiger partial charge in [-0.25, -0.2) is 0 Å². The lowest BCUT2D eigenvalue weighted by atomic mass is 9.81. The molecular formula is C18H29NO2. The van der Waals surface area contributed by atoms with Crippen LogP contribution in [0, 0.1) is 11.8 Å². The number of hydrogen-bond donors (Lipinski definition) is 1. The summed E-state index contributed by atoms with van der Waals surface area (Å²) in [5.41, 5.74) is 1.05. The van der Waals surface area contributed by atoms with E-state index < -0.39 is 0 Å². The molecule has 118 valence electrons. The second-order valence-corrected chi connectivity index (χ2v) is 6.57. The molecule has 3 heteroatoms. The lowest BCUT2D eigenvalue weighted by Crippen LogP contribution is -2.28. The minimum atomic E-state index is 0.545. The van der Waals surface area contributed by atoms with Gasteiger partial charge in [0.05, 0.1) is 19.9 Å². The van der Waals surface area contributed by atoms with Gasteiger partial charge in [0, 0.05) is 12.1 Å². The van der Waals surface area contributed by atoms with E-state index in [1.165, 1.54) is 32.1 Å². The third kappa shape index (κ3) is 4.55. The van der Waals surface area contributed by atoms with E-state index in [0.29, 0.717) is 6.04 Å². The Kier molecular flexibility index (Phi) is 5.77. The quantitative estimate of drug-likeness (QED) is 0.822. The number of rotatable bonds is 6. The van der Waals surface area contributed by atoms with Gasteiger partial charge >= 0.3 is 0 Å². The maximum Gasteiger partial charge on any atom is 0.142 e. The number of anilines is 1. The largest absolute Gasteiger partial charge is 0.497 e. The number of hydrogen-bond acceptors (Lipinski definition) is 3. The summed E-state index contributed by atoms with van der Waals surface area (Å²) < 4.78 is 10.8. The molecule has 0 spiro atoms. The van der Waals surface area contributed by atoms with Crippen molar-refractivity contribution in [3.05, 3.63) is 18.2 Å². The highest BCUT2D eigenvalue weighted by atomic mass is 16.5. The standard InChI is InChI=1S/C18H29NO2/c1-13(2)10-14-6-5-7-15(11-14)19-17-12-16(20-3)8-9-18(17)21-4/h8-9,12-15,19H,5-7,10-11H2,1-4H3. The van der Waals surface area contributed by atoms with Crippen molar-refractivity contribution in [1.82, 2.24) is 0 Å². The van der Waals surface area contributed by atoms with Crippen LogP contribution in [0.2, 0.25) is 0 Å². The van der Waals surface area contributed by atoms with Crippen LogP contribution in [0.15, 0.2) is 18.2 Å². The van der Waals surface area contributed by atoms with E-state index in [1.54, 1.807) is 14.2 Å². The van der Waals surface area contributed by atoms with E-state index in [9.17, 15) is 0 Å². The Morgan fingerprint density at radius 1 is 1.19 bits per heavy atom. The molecule has 0 aromatic heterocycles. The third-order valence-corrected chi connectivity index (χ3v) is 4.35. The van der Waals surface area contributed by atoms with Gasteiger partial charge in [-0.2, -0.15) is 0 Å². The Balaban J connectivity index is 2.03. The molecular weight excluding hydrogens is 262 g/mol. The van der Waals surface area contributed by atoms with Crippen molar-refractivity contribution in [3.63, 3.8) is 0 Å². The van der Waals surface area contributed by atoms with Gasteiger partial charge in [0.25, 0.3) is 0 Å². The molecule has 0 saturated heterocycles. The van der Waals surface area contributed by atoms with Gasteiger partial charge in [-0.1, -0.05) is 26.7 Å². The summed E-state index contributed by atoms with van der Waals surface area (Å²) >= 11 is 0. The van der Waals surface area contributed by atoms with E-state index in [2.05, 4.69) is 19.2 Å². The summed E-state index contributed by atoms with van der Waals surface area (Å²) in [6, 6.07) is 6.48. The number of nitrogens with one attached hydrogen (secondary N) is 1. The van der Waals surface area contributed by atoms with Crippen LogP contribution in [-0.4, -0.2) is 20.3 Å². The predicted octanol–water partition coefficient (Wildman–Crippen LogP) is 4.72. The summed E-state index contributed by atoms with van der Waals surface area (Å²) in [6.45, 7) is 4.64. The monoisotopic (exact) mass is 291 g/mol. The molecule has 2 unspecified atom stereocenters. The second kappa shape index (κ2) is 7.58. The molecule has 2 atom stereocenters. The zero-order chi connectivity index (χ0) is 15.2. The van der Waals surface area contributed by atoms with Gasteiger partial charge in [0.15, 0.2) is 0 Å². The molecule has 1 N–H and O–H groups in total. The molecule has 1 fully saturated rings. The summed E-state index contributed by atoms with van der Waals surface area (Å²) in [4.78, 5) is 0. The molecule has 3 nitrogen and oxygen atoms in total. The zero-order valence-corrected chi connectivity index (χ0v) is 13.8. The third-order valence-electron chi connectivity index (χ3n) is 4.35. The van der Waals surface area contributed by atoms with E-state index in [-0.39, 0.29) is 0 Å². The topological polar surface area (TPSA) is 30.5 Å². The van der Waals surface area contributed by atoms with Crippen LogP contribution < -0.4 is 14.8 Å². The van der Waals surface area contributed by atoms with Gasteiger partial charge in [0.1, 0.15) is 11.5 Å². The number of methoxy groups -OCH3 is 2. The molecule has 0 aliphatic heterocycles. The Morgan fingerprint density at radius 2 is 2.00 bits per heavy atom. The maximum atomic E-state index is 5.46. The molecule has 1 aliphatic carbocycles. The lowest BCUT2D eigenvalue weighted by molar-refractivity contribution is 0.288. The highest BCUT2D eigenvalue weighted by Crippen LogP contribution is 2.34. The van der Waals surface area contributed by atoms with Crippen molar-refractivity contribution in [2.75, 3.05) is 19.5 Å². The van der Waals surface area contributed by atoms with Gasteiger partial charge in [-0.15, -0.1) is 0 Å². The van der Waals surface area contributed by atoms with Crippen LogP contribution in [0.5, 0.6) is 11.5 Å². The van der Waals surface area contributed by atoms with Gasteiger partial charge < -0.3 is 14.8 Å². The summed E-state index contributed by atoms with van der Waals surface area (Å²) in [5.74, 6) is 3.41. The smallest absolute Gasteiger partial charge is 0.142 e. The molecule has 21 heavy (non-hydrogen) atoms. The van der Waals surface area contributed by atoms with E-state index >= 15 is 0 Å². The predicted molar refractivity (Wildman–Crippen MR) is 88.4 cm³/mol. The number of ether oxygens (including phenoxy) is 2. The van der Waals surface area contributed by atoms with Crippen molar-refractivity contribution in [2.24, 2.45) is 11.8 Å². The first kappa shape index (κ1) is 16.0. The fourth-order valence-electron chi connectivity index (χ4n) is 3.45. The Morgan fingerprint density at radius 3 is 2.67 bits per heavy atom. The van der Waals surface area contributed by atoms with Gasteiger partial charge in [0.2, 0.25) is 0 Å². The first-order valence-electron chi connectivity index (χ1n) is 8.11. The second-order valence-electron chi connectivity index (χ2n) is 6.57. The molecule has 1 aliphatic rings. The average Bonchev–Trinajstić information content (AvgIpc) is 2.47. The van der Waals surface area contributed by atoms with Crippen LogP contribution in [0.25, 0.3) is 0 Å². The first-order chi connectivity index (χ1) is 10.1. The molecule has 0 radical (unpaired) electrons. The first-order valence-corrected chi connectivity index (χ1v) is 8.11. The van der Waals surface area contributed by atoms with Gasteiger partial charge in [-0.3, -0.25) is 0 Å². The van der Waals surface area contributed by atoms with Crippen molar-refractivity contribution in [3.8, 4) is 11.5 Å². The van der Waals surface area contributed by atoms with Crippen molar-refractivity contribution < 1.29 is 9.47 Å². The average molecular weight is 291 g/mol. The Hall–Kier alpha value is -1.38. The molecule has 0 amide bonds. The van der Waals surface area contributed by atoms with Crippen molar-refractivity contribution in [2.45, 2.75) is 52.0 Å². The SMILES string of the molecule is COc1ccc(OC)c(NC2CCCC(CC(C)C)C2)c1. The van der Waals surface area contributed by atoms with Crippen LogP contribution >= 0.6 is 0 Å². The maximum absolute atomic E-state index is 5.46. The van der Waals surface area contributed by atoms with Crippen molar-refractivity contribution in [1.29, 1.82) is 0 Å². The van der Waals surface area contributed by atoms with Crippen LogP contribution in [0.1, 0.15) is 46.0 Å². The van der Waals surface area contributed by atoms with Crippen LogP contribution in [-0.2, 0) is 0 Å². The Bertz CT molecular complexity index is 445. The minimum absolute atomic E-state index is 0.545. The lowest BCUT2D eigenvalue weighted by Gasteiger charge is -2.31. The van der Waals surface area contributed by atoms with E-state index in [1.807, 2.05) is 18.2 Å². The van der Waals surface area contributed by atoms with Gasteiger partial charge in [-0.05, 0) is 43.2 Å². The Labute approximate surface area is 129 Å². The molecule has 1 saturated carbocycles. The molecule has 0 heterocycles. The van der Waals surface area contributed by atoms with E-state index in [0.717, 1.165) is 29.0 Å². The van der Waals surface area contributed by atoms with Crippen molar-refractivity contribution >= 4 is 5.69 Å². The zero-order valence-electron chi connectivity index (χ0n) is 13.8. The van der Waals surface area contributed by atoms with Crippen LogP contribution in [0.3, 0.4) is 0 Å².